The first-order valence-electron chi connectivity index (χ1n) is 22.1. The quantitative estimate of drug-likeness (QED) is 0.0900. The molecule has 4 heterocycles. The van der Waals surface area contributed by atoms with Gasteiger partial charge >= 0.3 is 12.2 Å². The van der Waals surface area contributed by atoms with Gasteiger partial charge < -0.3 is 39.9 Å². The van der Waals surface area contributed by atoms with Crippen molar-refractivity contribution in [2.45, 2.75) is 95.4 Å². The highest BCUT2D eigenvalue weighted by Gasteiger charge is 2.54. The molecular formula is C49H55N9O5. The third kappa shape index (κ3) is 8.12. The van der Waals surface area contributed by atoms with Gasteiger partial charge in [-0.3, -0.25) is 4.79 Å². The van der Waals surface area contributed by atoms with Crippen LogP contribution in [-0.4, -0.2) is 86.7 Å². The van der Waals surface area contributed by atoms with Crippen LogP contribution in [-0.2, 0) is 14.3 Å². The van der Waals surface area contributed by atoms with Gasteiger partial charge in [-0.25, -0.2) is 19.6 Å². The number of nitrogens with one attached hydrogen (secondary N) is 4. The minimum atomic E-state index is -0.680. The van der Waals surface area contributed by atoms with Gasteiger partial charge in [0.25, 0.3) is 0 Å². The largest absolute Gasteiger partial charge is 0.453 e. The van der Waals surface area contributed by atoms with Crippen molar-refractivity contribution >= 4 is 28.9 Å². The van der Waals surface area contributed by atoms with Gasteiger partial charge in [-0.1, -0.05) is 69.0 Å². The molecule has 0 unspecified atom stereocenters. The number of carbonyl (C=O) groups excluding carboxylic acids is 3. The van der Waals surface area contributed by atoms with Crippen LogP contribution in [0.1, 0.15) is 88.9 Å². The SMILES string of the molecule is C=C([C@H](CCC#N)NC(=O)OC)N1CC2(CC2)C[C@H]1c1ncc(-c2ccc3cc(-c4ccc(-c5cnc([C@@H]6[C@H]7CC[C@H](C7)N6C(=O)[C@@H](NC(=O)OC)C(C)C)[nH]5)cc4)ccc3c2)[nH]1. The molecule has 2 saturated carbocycles. The molecule has 6 atom stereocenters. The van der Waals surface area contributed by atoms with Crippen molar-refractivity contribution in [1.29, 1.82) is 5.26 Å². The van der Waals surface area contributed by atoms with Crippen molar-refractivity contribution in [3.05, 3.63) is 97.0 Å². The highest BCUT2D eigenvalue weighted by atomic mass is 16.5. The predicted molar refractivity (Wildman–Crippen MR) is 238 cm³/mol. The molecule has 5 aromatic rings. The molecule has 3 amide bonds. The number of H-pyrrole nitrogens is 2. The Bertz CT molecular complexity index is 2590. The van der Waals surface area contributed by atoms with Gasteiger partial charge in [0.1, 0.15) is 17.7 Å². The lowest BCUT2D eigenvalue weighted by Crippen LogP contribution is -2.54. The summed E-state index contributed by atoms with van der Waals surface area (Å²) < 4.78 is 9.72. The van der Waals surface area contributed by atoms with E-state index in [1.807, 2.05) is 31.1 Å². The first-order valence-corrected chi connectivity index (χ1v) is 22.1. The van der Waals surface area contributed by atoms with Gasteiger partial charge in [0.15, 0.2) is 0 Å². The molecule has 14 nitrogen and oxygen atoms in total. The Morgan fingerprint density at radius 3 is 2.17 bits per heavy atom. The zero-order valence-corrected chi connectivity index (χ0v) is 36.3. The minimum absolute atomic E-state index is 0.0215. The number of methoxy groups -OCH3 is 2. The minimum Gasteiger partial charge on any atom is -0.453 e. The third-order valence-electron chi connectivity index (χ3n) is 14.0. The number of hydrogen-bond acceptors (Lipinski definition) is 9. The second-order valence-electron chi connectivity index (χ2n) is 18.2. The number of amides is 3. The van der Waals surface area contributed by atoms with Crippen LogP contribution in [0.3, 0.4) is 0 Å². The zero-order valence-electron chi connectivity index (χ0n) is 36.3. The zero-order chi connectivity index (χ0) is 44.0. The summed E-state index contributed by atoms with van der Waals surface area (Å²) in [5.74, 6) is 1.77. The number of ether oxygens (including phenoxy) is 2. The van der Waals surface area contributed by atoms with Crippen LogP contribution >= 0.6 is 0 Å². The summed E-state index contributed by atoms with van der Waals surface area (Å²) in [6, 6.07) is 22.5. The molecule has 14 heteroatoms. The maximum absolute atomic E-state index is 14.0. The lowest BCUT2D eigenvalue weighted by Gasteiger charge is -2.37. The van der Waals surface area contributed by atoms with Crippen molar-refractivity contribution in [3.63, 3.8) is 0 Å². The summed E-state index contributed by atoms with van der Waals surface area (Å²) >= 11 is 0. The van der Waals surface area contributed by atoms with Crippen molar-refractivity contribution < 1.29 is 23.9 Å². The van der Waals surface area contributed by atoms with Gasteiger partial charge in [0, 0.05) is 30.3 Å². The van der Waals surface area contributed by atoms with Crippen LogP contribution in [0.2, 0.25) is 0 Å². The number of nitriles is 1. The van der Waals surface area contributed by atoms with E-state index in [2.05, 4.69) is 98.8 Å². The maximum atomic E-state index is 14.0. The molecule has 326 valence electrons. The molecule has 1 spiro atoms. The number of likely N-dealkylation sites (tertiary alicyclic amines) is 2. The van der Waals surface area contributed by atoms with Crippen LogP contribution in [0.5, 0.6) is 0 Å². The molecule has 4 fully saturated rings. The van der Waals surface area contributed by atoms with E-state index < -0.39 is 24.3 Å². The second kappa shape index (κ2) is 16.9. The molecule has 2 aromatic heterocycles. The fraction of sp³-hybridized carbons (Fsp3) is 0.429. The third-order valence-corrected chi connectivity index (χ3v) is 14.0. The number of carbonyl (C=O) groups is 3. The number of aromatic amines is 2. The number of imidazole rings is 2. The average molecular weight is 850 g/mol. The van der Waals surface area contributed by atoms with Gasteiger partial charge in [-0.05, 0) is 102 Å². The van der Waals surface area contributed by atoms with Gasteiger partial charge in [0.05, 0.1) is 62.2 Å². The van der Waals surface area contributed by atoms with Crippen LogP contribution in [0.15, 0.2) is 85.3 Å². The number of nitrogens with zero attached hydrogens (tertiary/aromatic N) is 5. The molecule has 4 aliphatic rings. The summed E-state index contributed by atoms with van der Waals surface area (Å²) in [5, 5.41) is 17.2. The highest BCUT2D eigenvalue weighted by molar-refractivity contribution is 5.91. The van der Waals surface area contributed by atoms with Crippen LogP contribution in [0, 0.1) is 28.6 Å². The first-order chi connectivity index (χ1) is 30.5. The Hall–Kier alpha value is -6.62. The van der Waals surface area contributed by atoms with E-state index in [1.165, 1.54) is 14.2 Å². The highest BCUT2D eigenvalue weighted by Crippen LogP contribution is 2.59. The molecule has 2 aliphatic carbocycles. The number of fused-ring (bicyclic) bond motifs is 3. The number of aromatic nitrogens is 4. The van der Waals surface area contributed by atoms with E-state index in [-0.39, 0.29) is 41.8 Å². The van der Waals surface area contributed by atoms with E-state index in [4.69, 9.17) is 19.4 Å². The Morgan fingerprint density at radius 1 is 0.873 bits per heavy atom. The number of alkyl carbamates (subject to hydrolysis) is 2. The lowest BCUT2D eigenvalue weighted by atomic mass is 9.95. The summed E-state index contributed by atoms with van der Waals surface area (Å²) in [6.07, 6.45) is 9.53. The Kier molecular flexibility index (Phi) is 11.2. The topological polar surface area (TPSA) is 181 Å². The normalized spacial score (nSPS) is 21.7. The van der Waals surface area contributed by atoms with E-state index >= 15 is 0 Å². The van der Waals surface area contributed by atoms with Crippen molar-refractivity contribution in [2.75, 3.05) is 20.8 Å². The Balaban J connectivity index is 0.890. The van der Waals surface area contributed by atoms with Crippen molar-refractivity contribution in [2.24, 2.45) is 17.3 Å². The smallest absolute Gasteiger partial charge is 0.407 e. The fourth-order valence-electron chi connectivity index (χ4n) is 10.3. The van der Waals surface area contributed by atoms with Gasteiger partial charge in [-0.2, -0.15) is 5.26 Å². The molecule has 63 heavy (non-hydrogen) atoms. The Labute approximate surface area is 367 Å². The van der Waals surface area contributed by atoms with E-state index in [9.17, 15) is 19.6 Å². The number of piperidine rings is 1. The van der Waals surface area contributed by atoms with Crippen LogP contribution in [0.4, 0.5) is 9.59 Å². The molecule has 9 rings (SSSR count). The van der Waals surface area contributed by atoms with Crippen LogP contribution in [0.25, 0.3) is 44.4 Å². The molecule has 2 bridgehead atoms. The standard InChI is InChI=1S/C49H55N9O5/c1-28(2)42(56-48(61)63-5)46(59)58-37-17-16-36(23-37)43(58)45-52-25-39(54-45)31-10-8-30(9-11-31)32-12-13-34-22-35(15-14-33(34)21-32)40-26-51-44(53-40)41-24-49(18-19-49)27-57(41)29(3)38(7-6-20-50)55-47(60)62-4/h8-15,21-22,25-26,28,36-38,41-43H,3,6-7,16-19,23-24,27H2,1-2,4-5H3,(H,51,53)(H,52,54)(H,55,60)(H,56,61)/t36-,37+,38-,41-,42-,43-/m0/s1. The van der Waals surface area contributed by atoms with E-state index in [0.29, 0.717) is 12.3 Å². The van der Waals surface area contributed by atoms with Crippen LogP contribution < -0.4 is 10.6 Å². The summed E-state index contributed by atoms with van der Waals surface area (Å²) in [4.78, 5) is 59.4. The molecule has 2 saturated heterocycles. The molecule has 2 aliphatic heterocycles. The monoisotopic (exact) mass is 849 g/mol. The van der Waals surface area contributed by atoms with Gasteiger partial charge in [0.2, 0.25) is 5.91 Å². The molecule has 0 radical (unpaired) electrons. The molecule has 4 N–H and O–H groups in total. The summed E-state index contributed by atoms with van der Waals surface area (Å²) in [5.41, 5.74) is 7.06. The first kappa shape index (κ1) is 41.7. The van der Waals surface area contributed by atoms with Crippen molar-refractivity contribution in [3.8, 4) is 39.7 Å². The molecule has 3 aromatic carbocycles. The Morgan fingerprint density at radius 2 is 1.49 bits per heavy atom. The van der Waals surface area contributed by atoms with Gasteiger partial charge in [-0.15, -0.1) is 0 Å². The average Bonchev–Trinajstić information content (AvgIpc) is 3.94. The van der Waals surface area contributed by atoms with E-state index in [1.54, 1.807) is 0 Å². The summed E-state index contributed by atoms with van der Waals surface area (Å²) in [7, 11) is 2.65. The molecular weight excluding hydrogens is 795 g/mol. The summed E-state index contributed by atoms with van der Waals surface area (Å²) in [6.45, 7) is 9.12. The van der Waals surface area contributed by atoms with Crippen molar-refractivity contribution in [1.82, 2.24) is 40.4 Å². The maximum Gasteiger partial charge on any atom is 0.407 e. The number of hydrogen-bond donors (Lipinski definition) is 4. The second-order valence-corrected chi connectivity index (χ2v) is 18.2. The fourth-order valence-corrected chi connectivity index (χ4v) is 10.3. The lowest BCUT2D eigenvalue weighted by molar-refractivity contribution is -0.139. The number of rotatable bonds is 13. The number of benzene rings is 3. The predicted octanol–water partition coefficient (Wildman–Crippen LogP) is 8.79. The van der Waals surface area contributed by atoms with E-state index in [0.717, 1.165) is 107 Å².